The number of rotatable bonds is 3. The van der Waals surface area contributed by atoms with Crippen LogP contribution in [0.5, 0.6) is 11.5 Å². The number of carbonyl (C=O) groups excluding carboxylic acids is 1. The molecule has 2 aromatic carbocycles. The Morgan fingerprint density at radius 2 is 2.07 bits per heavy atom. The summed E-state index contributed by atoms with van der Waals surface area (Å²) in [6.07, 6.45) is 5.27. The van der Waals surface area contributed by atoms with E-state index in [4.69, 9.17) is 9.47 Å². The molecule has 0 bridgehead atoms. The molecule has 0 fully saturated rings. The van der Waals surface area contributed by atoms with Crippen LogP contribution in [0, 0.1) is 5.92 Å². The highest BCUT2D eigenvalue weighted by atomic mass is 16.5. The number of ether oxygens (including phenoxy) is 2. The Balaban J connectivity index is 1.30. The van der Waals surface area contributed by atoms with E-state index in [9.17, 15) is 4.79 Å². The number of aromatic nitrogens is 2. The van der Waals surface area contributed by atoms with Crippen LogP contribution < -0.4 is 9.47 Å². The molecule has 0 aliphatic carbocycles. The topological polar surface area (TPSA) is 53.4 Å². The van der Waals surface area contributed by atoms with Gasteiger partial charge in [0.15, 0.2) is 0 Å². The van der Waals surface area contributed by atoms with Gasteiger partial charge in [0.25, 0.3) is 0 Å². The molecule has 3 heterocycles. The Morgan fingerprint density at radius 1 is 1.18 bits per heavy atom. The molecule has 0 amide bonds. The lowest BCUT2D eigenvalue weighted by molar-refractivity contribution is -0.139. The Kier molecular flexibility index (Phi) is 4.35. The second kappa shape index (κ2) is 7.15. The molecule has 1 atom stereocenters. The minimum atomic E-state index is -0.162. The van der Waals surface area contributed by atoms with Crippen LogP contribution in [0.15, 0.2) is 54.7 Å². The van der Waals surface area contributed by atoms with Crippen molar-refractivity contribution in [3.63, 3.8) is 0 Å². The van der Waals surface area contributed by atoms with Gasteiger partial charge in [0, 0.05) is 30.4 Å². The van der Waals surface area contributed by atoms with Crippen molar-refractivity contribution in [3.8, 4) is 22.9 Å². The maximum atomic E-state index is 12.7. The number of imidazole rings is 1. The zero-order valence-electron chi connectivity index (χ0n) is 15.6. The van der Waals surface area contributed by atoms with Crippen molar-refractivity contribution < 1.29 is 14.3 Å². The molecule has 28 heavy (non-hydrogen) atoms. The summed E-state index contributed by atoms with van der Waals surface area (Å²) in [7, 11) is 0. The first-order chi connectivity index (χ1) is 13.8. The van der Waals surface area contributed by atoms with Crippen molar-refractivity contribution in [3.05, 3.63) is 66.0 Å². The third-order valence-corrected chi connectivity index (χ3v) is 5.56. The molecule has 5 rings (SSSR count). The minimum Gasteiger partial charge on any atom is -0.493 e. The predicted molar refractivity (Wildman–Crippen MR) is 105 cm³/mol. The summed E-state index contributed by atoms with van der Waals surface area (Å²) < 4.78 is 13.5. The van der Waals surface area contributed by atoms with Crippen molar-refractivity contribution in [2.24, 2.45) is 5.92 Å². The van der Waals surface area contributed by atoms with E-state index in [-0.39, 0.29) is 11.9 Å². The monoisotopic (exact) mass is 374 g/mol. The van der Waals surface area contributed by atoms with Gasteiger partial charge in [-0.05, 0) is 43.0 Å². The number of nitrogens with zero attached hydrogens (tertiary/aromatic N) is 2. The Hall–Kier alpha value is -3.08. The maximum absolute atomic E-state index is 12.7. The number of carbonyl (C=O) groups is 1. The van der Waals surface area contributed by atoms with Gasteiger partial charge in [-0.2, -0.15) is 0 Å². The first kappa shape index (κ1) is 17.0. The van der Waals surface area contributed by atoms with Gasteiger partial charge in [0.2, 0.25) is 0 Å². The first-order valence-electron chi connectivity index (χ1n) is 9.85. The van der Waals surface area contributed by atoms with E-state index in [2.05, 4.69) is 21.7 Å². The van der Waals surface area contributed by atoms with Gasteiger partial charge in [0.05, 0.1) is 12.5 Å². The fourth-order valence-electron chi connectivity index (χ4n) is 4.08. The molecule has 0 radical (unpaired) electrons. The average molecular weight is 374 g/mol. The normalized spacial score (nSPS) is 17.9. The zero-order chi connectivity index (χ0) is 18.9. The fraction of sp³-hybridized carbons (Fsp3) is 0.304. The van der Waals surface area contributed by atoms with Crippen LogP contribution in [-0.4, -0.2) is 22.1 Å². The summed E-state index contributed by atoms with van der Waals surface area (Å²) in [6, 6.07) is 15.8. The van der Waals surface area contributed by atoms with E-state index >= 15 is 0 Å². The van der Waals surface area contributed by atoms with Crippen LogP contribution in [0.2, 0.25) is 0 Å². The summed E-state index contributed by atoms with van der Waals surface area (Å²) in [5.74, 6) is 2.18. The molecule has 2 aliphatic rings. The van der Waals surface area contributed by atoms with Crippen molar-refractivity contribution >= 4 is 5.97 Å². The van der Waals surface area contributed by atoms with E-state index in [0.717, 1.165) is 60.8 Å². The molecule has 5 heteroatoms. The maximum Gasteiger partial charge on any atom is 0.314 e. The summed E-state index contributed by atoms with van der Waals surface area (Å²) in [5.41, 5.74) is 3.31. The highest BCUT2D eigenvalue weighted by molar-refractivity contribution is 5.76. The van der Waals surface area contributed by atoms with Gasteiger partial charge < -0.3 is 14.0 Å². The number of fused-ring (bicyclic) bond motifs is 2. The Morgan fingerprint density at radius 3 is 2.96 bits per heavy atom. The molecule has 142 valence electrons. The highest BCUT2D eigenvalue weighted by Gasteiger charge is 2.28. The SMILES string of the molecule is O=C(Oc1ccc2c(c1)CCCO2)C1CCn2c(cnc2-c2ccccc2)C1. The lowest BCUT2D eigenvalue weighted by atomic mass is 9.96. The third kappa shape index (κ3) is 3.17. The van der Waals surface area contributed by atoms with E-state index in [1.807, 2.05) is 42.6 Å². The van der Waals surface area contributed by atoms with Crippen LogP contribution in [0.3, 0.4) is 0 Å². The number of esters is 1. The molecule has 0 saturated carbocycles. The van der Waals surface area contributed by atoms with Gasteiger partial charge >= 0.3 is 5.97 Å². The third-order valence-electron chi connectivity index (χ3n) is 5.56. The fourth-order valence-corrected chi connectivity index (χ4v) is 4.08. The van der Waals surface area contributed by atoms with Crippen LogP contribution >= 0.6 is 0 Å². The van der Waals surface area contributed by atoms with Crippen molar-refractivity contribution in [1.82, 2.24) is 9.55 Å². The smallest absolute Gasteiger partial charge is 0.314 e. The lowest BCUT2D eigenvalue weighted by Gasteiger charge is -2.24. The van der Waals surface area contributed by atoms with E-state index in [1.165, 1.54) is 0 Å². The minimum absolute atomic E-state index is 0.139. The molecular formula is C23H22N2O3. The molecule has 0 spiro atoms. The summed E-state index contributed by atoms with van der Waals surface area (Å²) in [6.45, 7) is 1.53. The summed E-state index contributed by atoms with van der Waals surface area (Å²) >= 11 is 0. The van der Waals surface area contributed by atoms with Crippen LogP contribution in [0.1, 0.15) is 24.1 Å². The predicted octanol–water partition coefficient (Wildman–Crippen LogP) is 4.04. The Labute approximate surface area is 163 Å². The van der Waals surface area contributed by atoms with Crippen LogP contribution in [0.25, 0.3) is 11.4 Å². The second-order valence-electron chi connectivity index (χ2n) is 7.42. The molecule has 2 aliphatic heterocycles. The van der Waals surface area contributed by atoms with Crippen molar-refractivity contribution in [2.45, 2.75) is 32.2 Å². The molecule has 3 aromatic rings. The van der Waals surface area contributed by atoms with Gasteiger partial charge in [-0.25, -0.2) is 4.98 Å². The molecule has 0 N–H and O–H groups in total. The number of hydrogen-bond acceptors (Lipinski definition) is 4. The number of hydrogen-bond donors (Lipinski definition) is 0. The summed E-state index contributed by atoms with van der Waals surface area (Å²) in [4.78, 5) is 17.3. The van der Waals surface area contributed by atoms with Crippen molar-refractivity contribution in [2.75, 3.05) is 6.61 Å². The molecular weight excluding hydrogens is 352 g/mol. The highest BCUT2D eigenvalue weighted by Crippen LogP contribution is 2.31. The zero-order valence-corrected chi connectivity index (χ0v) is 15.6. The van der Waals surface area contributed by atoms with E-state index < -0.39 is 0 Å². The van der Waals surface area contributed by atoms with Gasteiger partial charge in [-0.15, -0.1) is 0 Å². The number of benzene rings is 2. The molecule has 1 aromatic heterocycles. The standard InChI is InChI=1S/C23H22N2O3/c26-23(28-20-8-9-21-17(14-20)7-4-12-27-21)18-10-11-25-19(13-18)15-24-22(25)16-5-2-1-3-6-16/h1-3,5-6,8-9,14-15,18H,4,7,10-13H2. The van der Waals surface area contributed by atoms with Gasteiger partial charge in [0.1, 0.15) is 17.3 Å². The van der Waals surface area contributed by atoms with Crippen LogP contribution in [-0.2, 0) is 24.2 Å². The quantitative estimate of drug-likeness (QED) is 0.513. The van der Waals surface area contributed by atoms with Gasteiger partial charge in [-0.3, -0.25) is 4.79 Å². The lowest BCUT2D eigenvalue weighted by Crippen LogP contribution is -2.29. The Bertz CT molecular complexity index is 1010. The molecule has 1 unspecified atom stereocenters. The second-order valence-corrected chi connectivity index (χ2v) is 7.42. The van der Waals surface area contributed by atoms with Gasteiger partial charge in [-0.1, -0.05) is 30.3 Å². The van der Waals surface area contributed by atoms with E-state index in [0.29, 0.717) is 12.2 Å². The first-order valence-corrected chi connectivity index (χ1v) is 9.85. The molecule has 0 saturated heterocycles. The summed E-state index contributed by atoms with van der Waals surface area (Å²) in [5, 5.41) is 0. The van der Waals surface area contributed by atoms with E-state index in [1.54, 1.807) is 0 Å². The molecule has 5 nitrogen and oxygen atoms in total. The average Bonchev–Trinajstić information content (AvgIpc) is 3.17. The van der Waals surface area contributed by atoms with Crippen LogP contribution in [0.4, 0.5) is 0 Å². The van der Waals surface area contributed by atoms with Crippen molar-refractivity contribution in [1.29, 1.82) is 0 Å². The largest absolute Gasteiger partial charge is 0.493 e. The number of aryl methyl sites for hydroxylation is 1.